The molecular formula is C20H29N3O2. The molecule has 1 aromatic rings. The van der Waals surface area contributed by atoms with Crippen molar-refractivity contribution in [2.75, 3.05) is 26.8 Å². The number of hydrogen-bond acceptors (Lipinski definition) is 3. The number of aromatic nitrogens is 2. The first kappa shape index (κ1) is 15.9. The Balaban J connectivity index is 1.32. The molecule has 4 aliphatic carbocycles. The molecule has 6 rings (SSSR count). The quantitative estimate of drug-likeness (QED) is 0.913. The van der Waals surface area contributed by atoms with Crippen molar-refractivity contribution in [3.05, 3.63) is 17.5 Å². The maximum atomic E-state index is 13.1. The molecule has 5 nitrogen and oxygen atoms in total. The minimum atomic E-state index is 0.131. The van der Waals surface area contributed by atoms with E-state index in [1.165, 1.54) is 38.5 Å². The number of rotatable bonds is 4. The van der Waals surface area contributed by atoms with Crippen LogP contribution in [0, 0.1) is 23.2 Å². The lowest BCUT2D eigenvalue weighted by molar-refractivity contribution is -0.0629. The van der Waals surface area contributed by atoms with Crippen LogP contribution in [0.1, 0.15) is 66.9 Å². The molecule has 0 spiro atoms. The van der Waals surface area contributed by atoms with Crippen LogP contribution in [-0.2, 0) is 4.74 Å². The van der Waals surface area contributed by atoms with Gasteiger partial charge in [-0.05, 0) is 68.1 Å². The van der Waals surface area contributed by atoms with E-state index < -0.39 is 0 Å². The lowest BCUT2D eigenvalue weighted by atomic mass is 9.49. The molecule has 2 heterocycles. The first-order valence-electron chi connectivity index (χ1n) is 9.98. The molecule has 0 aromatic carbocycles. The number of H-pyrrole nitrogens is 1. The molecule has 4 bridgehead atoms. The number of hydrogen-bond donors (Lipinski definition) is 1. The van der Waals surface area contributed by atoms with Gasteiger partial charge in [0.05, 0.1) is 24.1 Å². The van der Waals surface area contributed by atoms with Crippen LogP contribution in [0.25, 0.3) is 0 Å². The Kier molecular flexibility index (Phi) is 3.70. The van der Waals surface area contributed by atoms with Crippen LogP contribution in [0.4, 0.5) is 0 Å². The minimum absolute atomic E-state index is 0.131. The average Bonchev–Trinajstić information content (AvgIpc) is 3.23. The van der Waals surface area contributed by atoms with E-state index in [-0.39, 0.29) is 11.8 Å². The highest BCUT2D eigenvalue weighted by atomic mass is 16.5. The van der Waals surface area contributed by atoms with Crippen LogP contribution in [0.5, 0.6) is 0 Å². The van der Waals surface area contributed by atoms with Crippen LogP contribution in [0.3, 0.4) is 0 Å². The summed E-state index contributed by atoms with van der Waals surface area (Å²) < 4.78 is 5.49. The molecule has 25 heavy (non-hydrogen) atoms. The molecule has 1 unspecified atom stereocenters. The number of carbonyl (C=O) groups excluding carboxylic acids is 1. The Morgan fingerprint density at radius 2 is 1.96 bits per heavy atom. The molecule has 1 aromatic heterocycles. The molecule has 1 atom stereocenters. The Morgan fingerprint density at radius 1 is 1.28 bits per heavy atom. The topological polar surface area (TPSA) is 58.2 Å². The van der Waals surface area contributed by atoms with Crippen molar-refractivity contribution in [3.63, 3.8) is 0 Å². The van der Waals surface area contributed by atoms with E-state index in [2.05, 4.69) is 10.2 Å². The second kappa shape index (κ2) is 5.83. The first-order valence-corrected chi connectivity index (χ1v) is 9.98. The van der Waals surface area contributed by atoms with Gasteiger partial charge >= 0.3 is 0 Å². The fraction of sp³-hybridized carbons (Fsp3) is 0.800. The molecule has 1 saturated heterocycles. The summed E-state index contributed by atoms with van der Waals surface area (Å²) in [4.78, 5) is 15.1. The third-order valence-corrected chi connectivity index (χ3v) is 7.32. The summed E-state index contributed by atoms with van der Waals surface area (Å²) in [6.45, 7) is 2.39. The van der Waals surface area contributed by atoms with E-state index in [0.717, 1.165) is 48.6 Å². The van der Waals surface area contributed by atoms with Crippen LogP contribution in [0.15, 0.2) is 6.20 Å². The fourth-order valence-electron chi connectivity index (χ4n) is 6.80. The van der Waals surface area contributed by atoms with Gasteiger partial charge in [-0.15, -0.1) is 0 Å². The van der Waals surface area contributed by atoms with Gasteiger partial charge in [0, 0.05) is 26.1 Å². The molecule has 5 heteroatoms. The van der Waals surface area contributed by atoms with Crippen LogP contribution < -0.4 is 0 Å². The van der Waals surface area contributed by atoms with Crippen molar-refractivity contribution in [3.8, 4) is 0 Å². The van der Waals surface area contributed by atoms with Crippen molar-refractivity contribution in [2.24, 2.45) is 23.2 Å². The number of carbonyl (C=O) groups is 1. The predicted octanol–water partition coefficient (Wildman–Crippen LogP) is 3.20. The zero-order valence-electron chi connectivity index (χ0n) is 15.2. The molecule has 5 aliphatic rings. The standard InChI is InChI=1S/C20H29N3O2/c1-23(12-20-7-13-4-14(8-20)6-15(5-13)9-20)19(24)17-10-21-22-18(17)16-2-3-25-11-16/h10,13-16H,2-9,11-12H2,1H3,(H,21,22). The summed E-state index contributed by atoms with van der Waals surface area (Å²) in [5.74, 6) is 3.19. The van der Waals surface area contributed by atoms with Crippen LogP contribution in [0.2, 0.25) is 0 Å². The number of ether oxygens (including phenoxy) is 1. The van der Waals surface area contributed by atoms with Gasteiger partial charge in [0.2, 0.25) is 0 Å². The molecular weight excluding hydrogens is 314 g/mol. The van der Waals surface area contributed by atoms with Gasteiger partial charge in [-0.1, -0.05) is 0 Å². The van der Waals surface area contributed by atoms with E-state index in [4.69, 9.17) is 4.74 Å². The maximum absolute atomic E-state index is 13.1. The normalized spacial score (nSPS) is 39.1. The smallest absolute Gasteiger partial charge is 0.257 e. The zero-order chi connectivity index (χ0) is 17.0. The van der Waals surface area contributed by atoms with Gasteiger partial charge < -0.3 is 9.64 Å². The monoisotopic (exact) mass is 343 g/mol. The third kappa shape index (κ3) is 2.71. The first-order chi connectivity index (χ1) is 12.1. The molecule has 136 valence electrons. The Bertz CT molecular complexity index is 626. The summed E-state index contributed by atoms with van der Waals surface area (Å²) >= 11 is 0. The number of amides is 1. The molecule has 0 radical (unpaired) electrons. The highest BCUT2D eigenvalue weighted by molar-refractivity contribution is 5.95. The zero-order valence-corrected chi connectivity index (χ0v) is 15.2. The highest BCUT2D eigenvalue weighted by Gasteiger charge is 2.51. The fourth-order valence-corrected chi connectivity index (χ4v) is 6.80. The van der Waals surface area contributed by atoms with E-state index >= 15 is 0 Å². The summed E-state index contributed by atoms with van der Waals surface area (Å²) in [5.41, 5.74) is 2.11. The SMILES string of the molecule is CN(CC12CC3CC(CC(C3)C1)C2)C(=O)c1cn[nH]c1C1CCOC1. The lowest BCUT2D eigenvalue weighted by Crippen LogP contribution is -2.51. The van der Waals surface area contributed by atoms with Gasteiger partial charge in [-0.25, -0.2) is 0 Å². The minimum Gasteiger partial charge on any atom is -0.381 e. The van der Waals surface area contributed by atoms with E-state index in [1.54, 1.807) is 6.20 Å². The number of aromatic amines is 1. The largest absolute Gasteiger partial charge is 0.381 e. The van der Waals surface area contributed by atoms with Crippen molar-refractivity contribution in [1.82, 2.24) is 15.1 Å². The van der Waals surface area contributed by atoms with Crippen molar-refractivity contribution in [2.45, 2.75) is 50.9 Å². The van der Waals surface area contributed by atoms with Gasteiger partial charge in [0.25, 0.3) is 5.91 Å². The summed E-state index contributed by atoms with van der Waals surface area (Å²) in [5, 5.41) is 7.23. The molecule has 1 aliphatic heterocycles. The summed E-state index contributed by atoms with van der Waals surface area (Å²) in [6, 6.07) is 0. The number of nitrogens with one attached hydrogen (secondary N) is 1. The van der Waals surface area contributed by atoms with Crippen LogP contribution >= 0.6 is 0 Å². The van der Waals surface area contributed by atoms with Gasteiger partial charge in [-0.3, -0.25) is 9.89 Å². The average molecular weight is 343 g/mol. The lowest BCUT2D eigenvalue weighted by Gasteiger charge is -2.57. The molecule has 4 saturated carbocycles. The third-order valence-electron chi connectivity index (χ3n) is 7.32. The van der Waals surface area contributed by atoms with Crippen LogP contribution in [-0.4, -0.2) is 47.8 Å². The molecule has 5 fully saturated rings. The summed E-state index contributed by atoms with van der Waals surface area (Å²) in [7, 11) is 1.99. The summed E-state index contributed by atoms with van der Waals surface area (Å²) in [6.07, 6.45) is 11.1. The van der Waals surface area contributed by atoms with Crippen molar-refractivity contribution in [1.29, 1.82) is 0 Å². The van der Waals surface area contributed by atoms with Crippen molar-refractivity contribution >= 4 is 5.91 Å². The van der Waals surface area contributed by atoms with E-state index in [1.807, 2.05) is 11.9 Å². The van der Waals surface area contributed by atoms with Gasteiger partial charge in [0.1, 0.15) is 0 Å². The maximum Gasteiger partial charge on any atom is 0.257 e. The van der Waals surface area contributed by atoms with E-state index in [0.29, 0.717) is 12.0 Å². The second-order valence-corrected chi connectivity index (χ2v) is 9.34. The predicted molar refractivity (Wildman–Crippen MR) is 94.3 cm³/mol. The highest BCUT2D eigenvalue weighted by Crippen LogP contribution is 2.60. The molecule has 1 amide bonds. The molecule has 1 N–H and O–H groups in total. The van der Waals surface area contributed by atoms with E-state index in [9.17, 15) is 4.79 Å². The van der Waals surface area contributed by atoms with Crippen molar-refractivity contribution < 1.29 is 9.53 Å². The Morgan fingerprint density at radius 3 is 2.56 bits per heavy atom. The number of nitrogens with zero attached hydrogens (tertiary/aromatic N) is 2. The second-order valence-electron chi connectivity index (χ2n) is 9.34. The Hall–Kier alpha value is -1.36. The van der Waals surface area contributed by atoms with Gasteiger partial charge in [-0.2, -0.15) is 5.10 Å². The Labute approximate surface area is 149 Å². The van der Waals surface area contributed by atoms with Gasteiger partial charge in [0.15, 0.2) is 0 Å².